The van der Waals surface area contributed by atoms with E-state index in [2.05, 4.69) is 4.90 Å². The Kier molecular flexibility index (Phi) is 4.19. The van der Waals surface area contributed by atoms with E-state index in [4.69, 9.17) is 4.74 Å². The molecule has 4 atom stereocenters. The third kappa shape index (κ3) is 2.64. The van der Waals surface area contributed by atoms with Gasteiger partial charge in [-0.3, -0.25) is 4.90 Å². The molecule has 3 aliphatic heterocycles. The first-order chi connectivity index (χ1) is 12.6. The molecule has 0 aliphatic carbocycles. The van der Waals surface area contributed by atoms with E-state index in [1.165, 1.54) is 18.3 Å². The zero-order chi connectivity index (χ0) is 19.6. The molecular formula is C18H22FN2O5S+. The Hall–Kier alpha value is -1.81. The Bertz CT molecular complexity index is 933. The molecular weight excluding hydrogens is 375 g/mol. The fourth-order valence-electron chi connectivity index (χ4n) is 4.76. The van der Waals surface area contributed by atoms with E-state index >= 15 is 0 Å². The quantitative estimate of drug-likeness (QED) is 0.776. The number of carbonyl (C=O) groups is 1. The molecule has 1 N–H and O–H groups in total. The SMILES string of the molecule is CN1[C@@H]2COC[C@H]1CC([N+]1(S(C)(=O)=O)C=C(C(=O)O)c3cc(F)ccc31)C2. The lowest BCUT2D eigenvalue weighted by Gasteiger charge is -2.50. The third-order valence-electron chi connectivity index (χ3n) is 6.13. The molecule has 0 aromatic heterocycles. The molecule has 4 rings (SSSR count). The number of benzene rings is 1. The van der Waals surface area contributed by atoms with Crippen molar-refractivity contribution in [3.63, 3.8) is 0 Å². The number of aliphatic carboxylic acids is 1. The molecule has 2 bridgehead atoms. The molecule has 2 unspecified atom stereocenters. The van der Waals surface area contributed by atoms with Gasteiger partial charge >= 0.3 is 16.0 Å². The first-order valence-electron chi connectivity index (χ1n) is 8.80. The van der Waals surface area contributed by atoms with Gasteiger partial charge in [-0.2, -0.15) is 12.3 Å². The zero-order valence-corrected chi connectivity index (χ0v) is 15.9. The predicted molar refractivity (Wildman–Crippen MR) is 97.8 cm³/mol. The van der Waals surface area contributed by atoms with Gasteiger partial charge in [-0.15, -0.1) is 0 Å². The second-order valence-electron chi connectivity index (χ2n) is 7.59. The summed E-state index contributed by atoms with van der Waals surface area (Å²) in [5.74, 6) is -1.86. The number of rotatable bonds is 3. The lowest BCUT2D eigenvalue weighted by Crippen LogP contribution is -2.65. The van der Waals surface area contributed by atoms with Crippen LogP contribution in [0.25, 0.3) is 5.57 Å². The fraction of sp³-hybridized carbons (Fsp3) is 0.500. The van der Waals surface area contributed by atoms with Gasteiger partial charge in [-0.1, -0.05) is 0 Å². The Morgan fingerprint density at radius 1 is 1.30 bits per heavy atom. The molecule has 0 saturated carbocycles. The highest BCUT2D eigenvalue weighted by atomic mass is 32.2. The first kappa shape index (κ1) is 18.5. The van der Waals surface area contributed by atoms with Crippen molar-refractivity contribution in [2.45, 2.75) is 31.0 Å². The van der Waals surface area contributed by atoms with E-state index in [9.17, 15) is 22.7 Å². The number of morpholine rings is 1. The van der Waals surface area contributed by atoms with E-state index in [1.54, 1.807) is 0 Å². The van der Waals surface area contributed by atoms with Crippen molar-refractivity contribution in [2.24, 2.45) is 0 Å². The fourth-order valence-corrected chi connectivity index (χ4v) is 6.28. The Labute approximate surface area is 157 Å². The summed E-state index contributed by atoms with van der Waals surface area (Å²) >= 11 is 0. The van der Waals surface area contributed by atoms with E-state index in [-0.39, 0.29) is 29.3 Å². The molecule has 0 radical (unpaired) electrons. The van der Waals surface area contributed by atoms with Crippen LogP contribution >= 0.6 is 0 Å². The van der Waals surface area contributed by atoms with Gasteiger partial charge in [0, 0.05) is 31.0 Å². The van der Waals surface area contributed by atoms with Crippen LogP contribution in [0, 0.1) is 5.82 Å². The number of ether oxygens (including phenoxy) is 1. The highest BCUT2D eigenvalue weighted by molar-refractivity contribution is 7.90. The maximum absolute atomic E-state index is 13.8. The summed E-state index contributed by atoms with van der Waals surface area (Å²) in [5.41, 5.74) is 0.272. The minimum atomic E-state index is -3.79. The zero-order valence-electron chi connectivity index (χ0n) is 15.1. The van der Waals surface area contributed by atoms with E-state index in [0.29, 0.717) is 31.7 Å². The van der Waals surface area contributed by atoms with Crippen LogP contribution in [0.1, 0.15) is 18.4 Å². The molecule has 0 amide bonds. The van der Waals surface area contributed by atoms with Gasteiger partial charge in [0.15, 0.2) is 5.69 Å². The summed E-state index contributed by atoms with van der Waals surface area (Å²) in [6.45, 7) is 1.03. The summed E-state index contributed by atoms with van der Waals surface area (Å²) in [5, 5.41) is 9.63. The Morgan fingerprint density at radius 2 is 1.93 bits per heavy atom. The molecule has 1 aromatic carbocycles. The third-order valence-corrected chi connectivity index (χ3v) is 7.83. The molecule has 0 spiro atoms. The summed E-state index contributed by atoms with van der Waals surface area (Å²) in [6.07, 6.45) is 3.49. The lowest BCUT2D eigenvalue weighted by molar-refractivity contribution is -0.130. The number of likely N-dealkylation sites (N-methyl/N-ethyl adjacent to an activating group) is 1. The van der Waals surface area contributed by atoms with Crippen molar-refractivity contribution in [1.29, 1.82) is 0 Å². The largest absolute Gasteiger partial charge is 0.477 e. The van der Waals surface area contributed by atoms with Crippen LogP contribution in [0.2, 0.25) is 0 Å². The average molecular weight is 397 g/mol. The van der Waals surface area contributed by atoms with Crippen LogP contribution in [-0.4, -0.2) is 69.0 Å². The average Bonchev–Trinajstić information content (AvgIpc) is 2.90. The molecule has 7 nitrogen and oxygen atoms in total. The molecule has 2 saturated heterocycles. The van der Waals surface area contributed by atoms with Gasteiger partial charge in [-0.25, -0.2) is 9.18 Å². The van der Waals surface area contributed by atoms with Crippen molar-refractivity contribution < 1.29 is 27.4 Å². The molecule has 1 aromatic rings. The molecule has 3 aliphatic rings. The number of nitrogens with zero attached hydrogens (tertiary/aromatic N) is 2. The van der Waals surface area contributed by atoms with Crippen molar-refractivity contribution in [3.8, 4) is 0 Å². The molecule has 27 heavy (non-hydrogen) atoms. The number of hydrogen-bond acceptors (Lipinski definition) is 5. The number of fused-ring (bicyclic) bond motifs is 3. The van der Waals surface area contributed by atoms with Gasteiger partial charge in [0.1, 0.15) is 23.6 Å². The number of carboxylic acids is 1. The van der Waals surface area contributed by atoms with Gasteiger partial charge in [0.25, 0.3) is 0 Å². The van der Waals surface area contributed by atoms with Crippen molar-refractivity contribution in [1.82, 2.24) is 8.79 Å². The van der Waals surface area contributed by atoms with E-state index in [0.717, 1.165) is 12.3 Å². The number of halogens is 1. The van der Waals surface area contributed by atoms with Gasteiger partial charge in [-0.05, 0) is 19.2 Å². The number of quaternary nitrogens is 1. The van der Waals surface area contributed by atoms with E-state index in [1.807, 2.05) is 7.05 Å². The minimum absolute atomic E-state index is 0.0606. The van der Waals surface area contributed by atoms with Gasteiger partial charge < -0.3 is 9.84 Å². The van der Waals surface area contributed by atoms with Gasteiger partial charge in [0.05, 0.1) is 25.0 Å². The van der Waals surface area contributed by atoms with Crippen LogP contribution in [0.15, 0.2) is 24.4 Å². The molecule has 146 valence electrons. The summed E-state index contributed by atoms with van der Waals surface area (Å²) in [4.78, 5) is 14.0. The molecule has 2 fully saturated rings. The number of piperidine rings is 1. The predicted octanol–water partition coefficient (Wildman–Crippen LogP) is 1.39. The molecule has 9 heteroatoms. The highest BCUT2D eigenvalue weighted by Gasteiger charge is 2.57. The van der Waals surface area contributed by atoms with Crippen LogP contribution in [0.3, 0.4) is 0 Å². The van der Waals surface area contributed by atoms with Crippen LogP contribution in [0.5, 0.6) is 0 Å². The Morgan fingerprint density at radius 3 is 2.48 bits per heavy atom. The van der Waals surface area contributed by atoms with Crippen molar-refractivity contribution in [3.05, 3.63) is 35.8 Å². The standard InChI is InChI=1S/C18H21FN2O5S/c1-20-12-6-14(7-13(20)10-26-9-12)21(27(2,24)25)8-16(18(22)23)15-5-11(19)3-4-17(15)21/h3-5,8,12-14H,6-7,9-10H2,1-2H3/p+1/t12-,13+,14?,21?. The number of hydrogen-bond donors (Lipinski definition) is 1. The second-order valence-corrected chi connectivity index (χ2v) is 9.66. The second kappa shape index (κ2) is 6.10. The first-order valence-corrected chi connectivity index (χ1v) is 10.6. The Balaban J connectivity index is 1.92. The van der Waals surface area contributed by atoms with Crippen molar-refractivity contribution in [2.75, 3.05) is 26.5 Å². The topological polar surface area (TPSA) is 83.9 Å². The maximum atomic E-state index is 13.8. The molecule has 3 heterocycles. The van der Waals surface area contributed by atoms with Crippen LogP contribution < -0.4 is 3.89 Å². The lowest BCUT2D eigenvalue weighted by atomic mass is 9.89. The van der Waals surface area contributed by atoms with Crippen LogP contribution in [-0.2, 0) is 19.6 Å². The normalized spacial score (nSPS) is 33.4. The number of carboxylic acid groups (broad SMARTS) is 1. The van der Waals surface area contributed by atoms with Crippen LogP contribution in [0.4, 0.5) is 10.1 Å². The smallest absolute Gasteiger partial charge is 0.342 e. The summed E-state index contributed by atoms with van der Waals surface area (Å²) < 4.78 is 45.0. The van der Waals surface area contributed by atoms with Crippen molar-refractivity contribution >= 4 is 27.3 Å². The van der Waals surface area contributed by atoms with E-state index < -0.39 is 25.7 Å². The monoisotopic (exact) mass is 397 g/mol. The number of sulfonamides is 1. The highest BCUT2D eigenvalue weighted by Crippen LogP contribution is 2.48. The maximum Gasteiger partial charge on any atom is 0.342 e. The van der Waals surface area contributed by atoms with Gasteiger partial charge in [0.2, 0.25) is 0 Å². The summed E-state index contributed by atoms with van der Waals surface area (Å²) in [6, 6.07) is 3.46. The summed E-state index contributed by atoms with van der Waals surface area (Å²) in [7, 11) is -1.78. The minimum Gasteiger partial charge on any atom is -0.477 e.